The van der Waals surface area contributed by atoms with Gasteiger partial charge in [-0.1, -0.05) is 12.5 Å². The van der Waals surface area contributed by atoms with Gasteiger partial charge < -0.3 is 4.74 Å². The molecular formula is C15H19NO. The highest BCUT2D eigenvalue weighted by Crippen LogP contribution is 2.44. The first-order chi connectivity index (χ1) is 8.10. The van der Waals surface area contributed by atoms with Crippen LogP contribution in [0.3, 0.4) is 0 Å². The summed E-state index contributed by atoms with van der Waals surface area (Å²) in [5.74, 6) is 0.926. The van der Waals surface area contributed by atoms with E-state index in [2.05, 4.69) is 32.0 Å². The van der Waals surface area contributed by atoms with Crippen molar-refractivity contribution in [1.29, 1.82) is 5.26 Å². The van der Waals surface area contributed by atoms with Gasteiger partial charge in [-0.3, -0.25) is 0 Å². The molecule has 0 radical (unpaired) electrons. The minimum Gasteiger partial charge on any atom is -0.496 e. The molecular weight excluding hydrogens is 210 g/mol. The summed E-state index contributed by atoms with van der Waals surface area (Å²) in [4.78, 5) is 0. The van der Waals surface area contributed by atoms with Crippen molar-refractivity contribution in [3.8, 4) is 11.8 Å². The highest BCUT2D eigenvalue weighted by molar-refractivity contribution is 5.43. The zero-order valence-electron chi connectivity index (χ0n) is 10.8. The lowest BCUT2D eigenvalue weighted by atomic mass is 9.66. The summed E-state index contributed by atoms with van der Waals surface area (Å²) in [6.45, 7) is 4.20. The average molecular weight is 229 g/mol. The molecule has 17 heavy (non-hydrogen) atoms. The molecule has 1 saturated carbocycles. The molecule has 1 aliphatic rings. The number of methoxy groups -OCH3 is 1. The van der Waals surface area contributed by atoms with Crippen molar-refractivity contribution in [3.05, 3.63) is 28.8 Å². The van der Waals surface area contributed by atoms with E-state index in [1.165, 1.54) is 23.1 Å². The molecule has 0 spiro atoms. The third-order valence-electron chi connectivity index (χ3n) is 3.97. The largest absolute Gasteiger partial charge is 0.496 e. The second-order valence-electron chi connectivity index (χ2n) is 5.17. The number of aryl methyl sites for hydroxylation is 2. The fourth-order valence-corrected chi connectivity index (χ4v) is 2.47. The molecule has 0 amide bonds. The molecule has 0 saturated heterocycles. The topological polar surface area (TPSA) is 33.0 Å². The van der Waals surface area contributed by atoms with Gasteiger partial charge in [-0.2, -0.15) is 5.26 Å². The molecule has 2 rings (SSSR count). The van der Waals surface area contributed by atoms with E-state index < -0.39 is 0 Å². The van der Waals surface area contributed by atoms with Crippen LogP contribution in [0.15, 0.2) is 12.1 Å². The standard InChI is InChI=1S/C15H19NO/c1-11-7-13(14(17-3)8-12(11)2)9-15(10-16)5-4-6-15/h7-8H,4-6,9H2,1-3H3. The van der Waals surface area contributed by atoms with Crippen LogP contribution in [0.5, 0.6) is 5.75 Å². The van der Waals surface area contributed by atoms with Crippen LogP contribution < -0.4 is 4.74 Å². The molecule has 0 N–H and O–H groups in total. The molecule has 2 nitrogen and oxygen atoms in total. The van der Waals surface area contributed by atoms with Crippen molar-refractivity contribution in [2.75, 3.05) is 7.11 Å². The van der Waals surface area contributed by atoms with Gasteiger partial charge in [-0.15, -0.1) is 0 Å². The van der Waals surface area contributed by atoms with Crippen LogP contribution in [0.25, 0.3) is 0 Å². The fraction of sp³-hybridized carbons (Fsp3) is 0.533. The van der Waals surface area contributed by atoms with Gasteiger partial charge in [0.15, 0.2) is 0 Å². The summed E-state index contributed by atoms with van der Waals surface area (Å²) < 4.78 is 5.43. The van der Waals surface area contributed by atoms with Crippen LogP contribution in [0.4, 0.5) is 0 Å². The van der Waals surface area contributed by atoms with Gasteiger partial charge in [-0.25, -0.2) is 0 Å². The molecule has 0 bridgehead atoms. The summed E-state index contributed by atoms with van der Waals surface area (Å²) in [5, 5.41) is 9.29. The summed E-state index contributed by atoms with van der Waals surface area (Å²) >= 11 is 0. The van der Waals surface area contributed by atoms with Crippen molar-refractivity contribution >= 4 is 0 Å². The zero-order chi connectivity index (χ0) is 12.5. The smallest absolute Gasteiger partial charge is 0.122 e. The Morgan fingerprint density at radius 1 is 1.29 bits per heavy atom. The molecule has 2 heteroatoms. The van der Waals surface area contributed by atoms with Gasteiger partial charge in [0.25, 0.3) is 0 Å². The number of nitrogens with zero attached hydrogens (tertiary/aromatic N) is 1. The second-order valence-corrected chi connectivity index (χ2v) is 5.17. The molecule has 0 aromatic heterocycles. The van der Waals surface area contributed by atoms with Crippen molar-refractivity contribution in [1.82, 2.24) is 0 Å². The Bertz CT molecular complexity index is 467. The van der Waals surface area contributed by atoms with E-state index in [9.17, 15) is 5.26 Å². The SMILES string of the molecule is COc1cc(C)c(C)cc1CC1(C#N)CCC1. The summed E-state index contributed by atoms with van der Waals surface area (Å²) in [6, 6.07) is 6.74. The lowest BCUT2D eigenvalue weighted by Crippen LogP contribution is -2.30. The Labute approximate surface area is 103 Å². The number of rotatable bonds is 3. The summed E-state index contributed by atoms with van der Waals surface area (Å²) in [6.07, 6.45) is 4.06. The van der Waals surface area contributed by atoms with Gasteiger partial charge in [0.05, 0.1) is 18.6 Å². The van der Waals surface area contributed by atoms with Crippen LogP contribution in [-0.4, -0.2) is 7.11 Å². The van der Waals surface area contributed by atoms with Crippen LogP contribution in [-0.2, 0) is 6.42 Å². The molecule has 1 fully saturated rings. The number of benzene rings is 1. The van der Waals surface area contributed by atoms with Crippen LogP contribution in [0, 0.1) is 30.6 Å². The number of hydrogen-bond donors (Lipinski definition) is 0. The third kappa shape index (κ3) is 2.15. The maximum atomic E-state index is 9.29. The lowest BCUT2D eigenvalue weighted by molar-refractivity contribution is 0.212. The van der Waals surface area contributed by atoms with Gasteiger partial charge in [-0.05, 0) is 55.9 Å². The average Bonchev–Trinajstić information content (AvgIpc) is 2.27. The van der Waals surface area contributed by atoms with E-state index in [1.807, 2.05) is 0 Å². The van der Waals surface area contributed by atoms with E-state index in [4.69, 9.17) is 4.74 Å². The van der Waals surface area contributed by atoms with Crippen LogP contribution in [0.1, 0.15) is 36.0 Å². The monoisotopic (exact) mass is 229 g/mol. The summed E-state index contributed by atoms with van der Waals surface area (Å²) in [7, 11) is 1.70. The minimum absolute atomic E-state index is 0.130. The predicted molar refractivity (Wildman–Crippen MR) is 68.1 cm³/mol. The summed E-state index contributed by atoms with van der Waals surface area (Å²) in [5.41, 5.74) is 3.56. The van der Waals surface area contributed by atoms with E-state index in [-0.39, 0.29) is 5.41 Å². The highest BCUT2D eigenvalue weighted by atomic mass is 16.5. The molecule has 0 heterocycles. The molecule has 90 valence electrons. The fourth-order valence-electron chi connectivity index (χ4n) is 2.47. The van der Waals surface area contributed by atoms with E-state index in [0.29, 0.717) is 0 Å². The maximum absolute atomic E-state index is 9.29. The molecule has 0 unspecified atom stereocenters. The Hall–Kier alpha value is -1.49. The molecule has 0 atom stereocenters. The van der Waals surface area contributed by atoms with Crippen LogP contribution >= 0.6 is 0 Å². The first kappa shape index (κ1) is 12.0. The Morgan fingerprint density at radius 3 is 2.41 bits per heavy atom. The van der Waals surface area contributed by atoms with Gasteiger partial charge in [0.1, 0.15) is 5.75 Å². The Balaban J connectivity index is 2.32. The second kappa shape index (κ2) is 4.41. The normalized spacial score (nSPS) is 17.1. The highest BCUT2D eigenvalue weighted by Gasteiger charge is 2.37. The Kier molecular flexibility index (Phi) is 3.11. The molecule has 1 aromatic rings. The maximum Gasteiger partial charge on any atom is 0.122 e. The third-order valence-corrected chi connectivity index (χ3v) is 3.97. The van der Waals surface area contributed by atoms with Gasteiger partial charge in [0.2, 0.25) is 0 Å². The Morgan fingerprint density at radius 2 is 1.94 bits per heavy atom. The molecule has 1 aromatic carbocycles. The first-order valence-electron chi connectivity index (χ1n) is 6.15. The molecule has 0 aliphatic heterocycles. The van der Waals surface area contributed by atoms with Gasteiger partial charge >= 0.3 is 0 Å². The van der Waals surface area contributed by atoms with E-state index in [1.54, 1.807) is 7.11 Å². The number of ether oxygens (including phenoxy) is 1. The molecule has 1 aliphatic carbocycles. The number of nitriles is 1. The van der Waals surface area contributed by atoms with E-state index >= 15 is 0 Å². The van der Waals surface area contributed by atoms with E-state index in [0.717, 1.165) is 25.0 Å². The predicted octanol–water partition coefficient (Wildman–Crippen LogP) is 3.55. The quantitative estimate of drug-likeness (QED) is 0.794. The minimum atomic E-state index is -0.130. The number of hydrogen-bond acceptors (Lipinski definition) is 2. The van der Waals surface area contributed by atoms with Crippen molar-refractivity contribution in [2.45, 2.75) is 39.5 Å². The van der Waals surface area contributed by atoms with Crippen molar-refractivity contribution < 1.29 is 4.74 Å². The van der Waals surface area contributed by atoms with Crippen molar-refractivity contribution in [2.24, 2.45) is 5.41 Å². The van der Waals surface area contributed by atoms with Crippen LogP contribution in [0.2, 0.25) is 0 Å². The van der Waals surface area contributed by atoms with Gasteiger partial charge in [0, 0.05) is 0 Å². The zero-order valence-corrected chi connectivity index (χ0v) is 10.8. The first-order valence-corrected chi connectivity index (χ1v) is 6.15. The lowest BCUT2D eigenvalue weighted by Gasteiger charge is -2.35. The van der Waals surface area contributed by atoms with Crippen molar-refractivity contribution in [3.63, 3.8) is 0 Å².